The number of fused-ring (bicyclic) bond motifs is 8. The second-order valence-electron chi connectivity index (χ2n) is 23.9. The van der Waals surface area contributed by atoms with Crippen LogP contribution in [0.2, 0.25) is 0 Å². The fraction of sp³-hybridized carbons (Fsp3) is 0.167. The Hall–Kier alpha value is -8.80. The summed E-state index contributed by atoms with van der Waals surface area (Å²) < 4.78 is 13.8. The van der Waals surface area contributed by atoms with Gasteiger partial charge in [0.25, 0.3) is 6.33 Å². The Morgan fingerprint density at radius 2 is 1.06 bits per heavy atom. The van der Waals surface area contributed by atoms with E-state index in [1.165, 1.54) is 60.8 Å². The van der Waals surface area contributed by atoms with Crippen LogP contribution in [0.4, 0.5) is 0 Å². The molecule has 0 bridgehead atoms. The number of ether oxygens (including phenoxy) is 1. The van der Waals surface area contributed by atoms with Crippen LogP contribution in [0.15, 0.2) is 212 Å². The summed E-state index contributed by atoms with van der Waals surface area (Å²) in [5.74, 6) is 2.32. The first-order valence-electron chi connectivity index (χ1n) is 26.9. The van der Waals surface area contributed by atoms with Gasteiger partial charge in [0, 0.05) is 28.8 Å². The number of rotatable bonds is 7. The van der Waals surface area contributed by atoms with Crippen LogP contribution in [0.25, 0.3) is 106 Å². The second-order valence-corrected chi connectivity index (χ2v) is 23.9. The zero-order valence-electron chi connectivity index (χ0n) is 45.4. The van der Waals surface area contributed by atoms with Gasteiger partial charge in [0.05, 0.1) is 33.6 Å². The molecular weight excluding hydrogens is 937 g/mol. The van der Waals surface area contributed by atoms with Gasteiger partial charge in [-0.05, 0) is 125 Å². The van der Waals surface area contributed by atoms with Gasteiger partial charge < -0.3 is 4.74 Å². The lowest BCUT2D eigenvalue weighted by Gasteiger charge is -2.27. The van der Waals surface area contributed by atoms with E-state index in [9.17, 15) is 0 Å². The first-order chi connectivity index (χ1) is 37.1. The molecule has 0 unspecified atom stereocenters. The molecule has 0 radical (unpaired) electrons. The minimum absolute atomic E-state index is 0.0476. The molecule has 0 atom stereocenters. The standard InChI is InChI=1S/C72H62N4O/c1-70(2,3)49-37-38-73-65(42-49)76-64-44-54(35-36-60(64)67-61-32-18-24-47-23-17-31-58(66(47)61)57-27-13-14-28-59(57)69(67)76)77-53-26-19-25-52(43-53)74-45-75(63-34-16-15-33-62(63)74)68-55(46-21-11-10-12-22-46)29-20-30-56(68)48-39-50(71(4,5)6)41-51(40-48)72(7,8)9/h10-44H,1-9H3. The number of benzene rings is 9. The summed E-state index contributed by atoms with van der Waals surface area (Å²) in [6, 6.07) is 74.8. The van der Waals surface area contributed by atoms with Crippen LogP contribution >= 0.6 is 0 Å². The van der Waals surface area contributed by atoms with E-state index in [-0.39, 0.29) is 16.2 Å². The molecule has 3 heterocycles. The molecule has 0 fully saturated rings. The Kier molecular flexibility index (Phi) is 11.1. The highest BCUT2D eigenvalue weighted by Gasteiger charge is 2.30. The quantitative estimate of drug-likeness (QED) is 0.118. The summed E-state index contributed by atoms with van der Waals surface area (Å²) in [7, 11) is 0. The normalized spacial score (nSPS) is 12.5. The van der Waals surface area contributed by atoms with Crippen molar-refractivity contribution in [3.63, 3.8) is 0 Å². The lowest BCUT2D eigenvalue weighted by atomic mass is 9.78. The maximum atomic E-state index is 7.02. The minimum atomic E-state index is -0.0832. The SMILES string of the molecule is CC(C)(C)c1cc(-c2cccc(-c3ccccc3)c2-[n+]2[c-]n(-c3cccc(Oc4ccc5c6c(n(-c7cc(C(C)(C)C)ccn7)c5c4)-c4ccccc4-c4cccc5cccc-6c45)c3)c3ccccc32)cc(C(C)(C)C)c1. The maximum Gasteiger partial charge on any atom is 0.269 e. The lowest BCUT2D eigenvalue weighted by Crippen LogP contribution is -2.31. The fourth-order valence-corrected chi connectivity index (χ4v) is 11.6. The summed E-state index contributed by atoms with van der Waals surface area (Å²) in [5.41, 5.74) is 20.5. The van der Waals surface area contributed by atoms with Crippen molar-refractivity contribution in [3.8, 4) is 84.5 Å². The zero-order valence-corrected chi connectivity index (χ0v) is 45.4. The Balaban J connectivity index is 0.975. The first-order valence-corrected chi connectivity index (χ1v) is 26.9. The van der Waals surface area contributed by atoms with E-state index in [0.717, 1.165) is 73.0 Å². The van der Waals surface area contributed by atoms with E-state index in [1.54, 1.807) is 0 Å². The van der Waals surface area contributed by atoms with Crippen molar-refractivity contribution >= 4 is 32.7 Å². The molecule has 0 aliphatic heterocycles. The molecule has 13 rings (SSSR count). The van der Waals surface area contributed by atoms with Crippen LogP contribution in [0.1, 0.15) is 79.0 Å². The van der Waals surface area contributed by atoms with Gasteiger partial charge in [-0.3, -0.25) is 13.7 Å². The molecule has 9 aromatic carbocycles. The average Bonchev–Trinajstić information content (AvgIpc) is 4.04. The highest BCUT2D eigenvalue weighted by Crippen LogP contribution is 2.52. The Morgan fingerprint density at radius 1 is 0.455 bits per heavy atom. The predicted molar refractivity (Wildman–Crippen MR) is 319 cm³/mol. The van der Waals surface area contributed by atoms with Crippen LogP contribution in [-0.4, -0.2) is 14.1 Å². The molecule has 0 saturated carbocycles. The van der Waals surface area contributed by atoms with Crippen molar-refractivity contribution in [1.29, 1.82) is 0 Å². The molecule has 77 heavy (non-hydrogen) atoms. The minimum Gasteiger partial charge on any atom is -0.458 e. The summed E-state index contributed by atoms with van der Waals surface area (Å²) in [5, 5.41) is 3.61. The Labute approximate surface area is 452 Å². The highest BCUT2D eigenvalue weighted by atomic mass is 16.5. The van der Waals surface area contributed by atoms with Crippen LogP contribution in [-0.2, 0) is 16.2 Å². The number of hydrogen-bond donors (Lipinski definition) is 0. The topological polar surface area (TPSA) is 35.9 Å². The average molecular weight is 999 g/mol. The maximum absolute atomic E-state index is 7.02. The molecule has 0 saturated heterocycles. The predicted octanol–water partition coefficient (Wildman–Crippen LogP) is 18.5. The lowest BCUT2D eigenvalue weighted by molar-refractivity contribution is -0.571. The van der Waals surface area contributed by atoms with E-state index >= 15 is 0 Å². The van der Waals surface area contributed by atoms with E-state index in [0.29, 0.717) is 0 Å². The summed E-state index contributed by atoms with van der Waals surface area (Å²) in [6.07, 6.45) is 5.87. The van der Waals surface area contributed by atoms with Crippen molar-refractivity contribution in [2.75, 3.05) is 0 Å². The molecule has 376 valence electrons. The van der Waals surface area contributed by atoms with Crippen LogP contribution in [0.3, 0.4) is 0 Å². The van der Waals surface area contributed by atoms with E-state index in [4.69, 9.17) is 9.72 Å². The summed E-state index contributed by atoms with van der Waals surface area (Å²) in [4.78, 5) is 5.15. The van der Waals surface area contributed by atoms with Crippen LogP contribution in [0.5, 0.6) is 11.5 Å². The Bertz CT molecular complexity index is 4270. The molecule has 5 heteroatoms. The van der Waals surface area contributed by atoms with Gasteiger partial charge in [0.2, 0.25) is 0 Å². The molecule has 5 nitrogen and oxygen atoms in total. The zero-order chi connectivity index (χ0) is 53.0. The molecule has 3 aromatic heterocycles. The van der Waals surface area contributed by atoms with Gasteiger partial charge in [-0.15, -0.1) is 0 Å². The van der Waals surface area contributed by atoms with Crippen LogP contribution in [0, 0.1) is 6.33 Å². The largest absolute Gasteiger partial charge is 0.458 e. The van der Waals surface area contributed by atoms with E-state index < -0.39 is 0 Å². The number of nitrogens with zero attached hydrogens (tertiary/aromatic N) is 4. The number of aromatic nitrogens is 4. The highest BCUT2D eigenvalue weighted by molar-refractivity contribution is 6.19. The van der Waals surface area contributed by atoms with E-state index in [2.05, 4.69) is 283 Å². The molecule has 1 aliphatic rings. The van der Waals surface area contributed by atoms with Crippen molar-refractivity contribution < 1.29 is 9.30 Å². The van der Waals surface area contributed by atoms with Gasteiger partial charge >= 0.3 is 0 Å². The van der Waals surface area contributed by atoms with E-state index in [1.807, 2.05) is 12.3 Å². The molecule has 0 N–H and O–H groups in total. The third-order valence-corrected chi connectivity index (χ3v) is 15.6. The van der Waals surface area contributed by atoms with Crippen molar-refractivity contribution in [1.82, 2.24) is 14.1 Å². The number of pyridine rings is 1. The second kappa shape index (κ2) is 17.9. The van der Waals surface area contributed by atoms with Gasteiger partial charge in [-0.1, -0.05) is 220 Å². The van der Waals surface area contributed by atoms with Crippen molar-refractivity contribution in [3.05, 3.63) is 235 Å². The molecule has 1 aliphatic carbocycles. The van der Waals surface area contributed by atoms with Crippen molar-refractivity contribution in [2.45, 2.75) is 78.6 Å². The number of para-hydroxylation sites is 3. The van der Waals surface area contributed by atoms with Crippen molar-refractivity contribution in [2.24, 2.45) is 0 Å². The molecule has 0 spiro atoms. The smallest absolute Gasteiger partial charge is 0.269 e. The van der Waals surface area contributed by atoms with Gasteiger partial charge in [-0.2, -0.15) is 0 Å². The van der Waals surface area contributed by atoms with Crippen LogP contribution < -0.4 is 9.30 Å². The molecule has 12 aromatic rings. The third-order valence-electron chi connectivity index (χ3n) is 15.6. The van der Waals surface area contributed by atoms with Gasteiger partial charge in [-0.25, -0.2) is 4.98 Å². The third kappa shape index (κ3) is 8.24. The Morgan fingerprint density at radius 3 is 1.81 bits per heavy atom. The molecule has 0 amide bonds. The fourth-order valence-electron chi connectivity index (χ4n) is 11.6. The first kappa shape index (κ1) is 47.9. The molecular formula is C72H62N4O. The van der Waals surface area contributed by atoms with Gasteiger partial charge in [0.15, 0.2) is 0 Å². The summed E-state index contributed by atoms with van der Waals surface area (Å²) >= 11 is 0. The number of imidazole rings is 1. The summed E-state index contributed by atoms with van der Waals surface area (Å²) in [6.45, 7) is 20.6. The van der Waals surface area contributed by atoms with Gasteiger partial charge in [0.1, 0.15) is 17.3 Å². The number of hydrogen-bond acceptors (Lipinski definition) is 2. The monoisotopic (exact) mass is 998 g/mol.